The second-order valence-electron chi connectivity index (χ2n) is 6.84. The topological polar surface area (TPSA) is 93.6 Å². The fourth-order valence-electron chi connectivity index (χ4n) is 3.15. The van der Waals surface area contributed by atoms with Crippen LogP contribution in [0.25, 0.3) is 0 Å². The van der Waals surface area contributed by atoms with E-state index >= 15 is 0 Å². The fraction of sp³-hybridized carbons (Fsp3) is 0.889. The Morgan fingerprint density at radius 1 is 0.962 bits per heavy atom. The van der Waals surface area contributed by atoms with Crippen molar-refractivity contribution in [1.82, 2.24) is 14.7 Å². The normalized spacial score (nSPS) is 21.2. The lowest BCUT2D eigenvalue weighted by Gasteiger charge is -2.34. The summed E-state index contributed by atoms with van der Waals surface area (Å²) in [6, 6.07) is 0. The molecule has 2 N–H and O–H groups in total. The lowest BCUT2D eigenvalue weighted by molar-refractivity contribution is -0.131. The molecule has 1 atom stereocenters. The van der Waals surface area contributed by atoms with Gasteiger partial charge in [-0.05, 0) is 18.8 Å². The number of carbonyl (C=O) groups is 2. The molecule has 0 saturated carbocycles. The molecule has 2 saturated heterocycles. The molecule has 0 aliphatic carbocycles. The molecule has 152 valence electrons. The predicted molar refractivity (Wildman–Crippen MR) is 98.7 cm³/mol. The summed E-state index contributed by atoms with van der Waals surface area (Å²) in [7, 11) is 0. The van der Waals surface area contributed by atoms with E-state index < -0.39 is 0 Å². The number of aliphatic hydroxyl groups is 2. The summed E-state index contributed by atoms with van der Waals surface area (Å²) in [6.45, 7) is 10.5. The minimum atomic E-state index is 0.0815. The average molecular weight is 373 g/mol. The molecular weight excluding hydrogens is 338 g/mol. The molecule has 8 heteroatoms. The van der Waals surface area contributed by atoms with E-state index in [1.54, 1.807) is 13.8 Å². The van der Waals surface area contributed by atoms with Gasteiger partial charge in [-0.3, -0.25) is 14.5 Å². The lowest BCUT2D eigenvalue weighted by atomic mass is 9.99. The highest BCUT2D eigenvalue weighted by Crippen LogP contribution is 2.15. The summed E-state index contributed by atoms with van der Waals surface area (Å²) >= 11 is 0. The first kappa shape index (κ1) is 22.8. The average Bonchev–Trinajstić information content (AvgIpc) is 2.66. The Kier molecular flexibility index (Phi) is 11.4. The number of piperidine rings is 1. The van der Waals surface area contributed by atoms with Crippen LogP contribution < -0.4 is 0 Å². The van der Waals surface area contributed by atoms with Gasteiger partial charge in [-0.15, -0.1) is 0 Å². The standard InChI is InChI=1S/C10H20N2O3.C8H15NO2/c1-10(14)12-4-2-11(3-5-12)6-8-15-9-7-13;1-7(11)9-4-2-3-8(5-9)6-10/h13H,2-9H2,1H3;8,10H,2-6H2,1H3. The van der Waals surface area contributed by atoms with Crippen LogP contribution in [0.5, 0.6) is 0 Å². The molecule has 8 nitrogen and oxygen atoms in total. The van der Waals surface area contributed by atoms with Gasteiger partial charge in [-0.25, -0.2) is 0 Å². The number of hydrogen-bond donors (Lipinski definition) is 2. The smallest absolute Gasteiger partial charge is 0.219 e. The van der Waals surface area contributed by atoms with E-state index in [0.29, 0.717) is 19.1 Å². The van der Waals surface area contributed by atoms with E-state index in [1.165, 1.54) is 0 Å². The van der Waals surface area contributed by atoms with Crippen molar-refractivity contribution in [1.29, 1.82) is 0 Å². The first-order chi connectivity index (χ1) is 12.5. The van der Waals surface area contributed by atoms with Gasteiger partial charge in [0.05, 0.1) is 19.8 Å². The number of nitrogens with zero attached hydrogens (tertiary/aromatic N) is 3. The van der Waals surface area contributed by atoms with Gasteiger partial charge in [0.15, 0.2) is 0 Å². The first-order valence-corrected chi connectivity index (χ1v) is 9.50. The van der Waals surface area contributed by atoms with Crippen LogP contribution in [-0.4, -0.2) is 109 Å². The first-order valence-electron chi connectivity index (χ1n) is 9.50. The number of hydrogen-bond acceptors (Lipinski definition) is 6. The van der Waals surface area contributed by atoms with Gasteiger partial charge >= 0.3 is 0 Å². The lowest BCUT2D eigenvalue weighted by Crippen LogP contribution is -2.48. The molecule has 0 aromatic heterocycles. The molecule has 2 heterocycles. The Balaban J connectivity index is 0.000000273. The second-order valence-corrected chi connectivity index (χ2v) is 6.84. The zero-order valence-electron chi connectivity index (χ0n) is 16.2. The monoisotopic (exact) mass is 373 g/mol. The summed E-state index contributed by atoms with van der Waals surface area (Å²) in [5.41, 5.74) is 0. The fourth-order valence-corrected chi connectivity index (χ4v) is 3.15. The van der Waals surface area contributed by atoms with Gasteiger partial charge in [0.1, 0.15) is 0 Å². The molecule has 0 aromatic carbocycles. The third-order valence-electron chi connectivity index (χ3n) is 4.83. The van der Waals surface area contributed by atoms with Crippen molar-refractivity contribution in [3.8, 4) is 0 Å². The number of ether oxygens (including phenoxy) is 1. The summed E-state index contributed by atoms with van der Waals surface area (Å²) < 4.78 is 5.19. The quantitative estimate of drug-likeness (QED) is 0.604. The van der Waals surface area contributed by atoms with Crippen LogP contribution in [-0.2, 0) is 14.3 Å². The Morgan fingerprint density at radius 2 is 1.62 bits per heavy atom. The summed E-state index contributed by atoms with van der Waals surface area (Å²) in [4.78, 5) is 27.9. The zero-order chi connectivity index (χ0) is 19.4. The van der Waals surface area contributed by atoms with E-state index in [4.69, 9.17) is 14.9 Å². The summed E-state index contributed by atoms with van der Waals surface area (Å²) in [6.07, 6.45) is 2.09. The van der Waals surface area contributed by atoms with Crippen molar-refractivity contribution in [2.75, 3.05) is 72.2 Å². The van der Waals surface area contributed by atoms with Gasteiger partial charge in [-0.2, -0.15) is 0 Å². The van der Waals surface area contributed by atoms with Crippen molar-refractivity contribution in [3.05, 3.63) is 0 Å². The van der Waals surface area contributed by atoms with Gasteiger partial charge in [-0.1, -0.05) is 0 Å². The summed E-state index contributed by atoms with van der Waals surface area (Å²) in [5.74, 6) is 0.599. The van der Waals surface area contributed by atoms with Crippen molar-refractivity contribution >= 4 is 11.8 Å². The Hall–Kier alpha value is -1.22. The molecule has 2 aliphatic heterocycles. The van der Waals surface area contributed by atoms with E-state index in [9.17, 15) is 9.59 Å². The van der Waals surface area contributed by atoms with Crippen molar-refractivity contribution in [2.45, 2.75) is 26.7 Å². The maximum atomic E-state index is 11.1. The van der Waals surface area contributed by atoms with E-state index in [1.807, 2.05) is 9.80 Å². The number of aliphatic hydroxyl groups excluding tert-OH is 2. The number of likely N-dealkylation sites (tertiary alicyclic amines) is 1. The molecule has 2 amide bonds. The van der Waals surface area contributed by atoms with Gasteiger partial charge in [0.25, 0.3) is 0 Å². The zero-order valence-corrected chi connectivity index (χ0v) is 16.2. The van der Waals surface area contributed by atoms with Gasteiger partial charge in [0, 0.05) is 66.3 Å². The molecule has 0 radical (unpaired) electrons. The molecule has 0 spiro atoms. The maximum Gasteiger partial charge on any atom is 0.219 e. The van der Waals surface area contributed by atoms with Crippen LogP contribution in [0.1, 0.15) is 26.7 Å². The molecule has 2 aliphatic rings. The van der Waals surface area contributed by atoms with Crippen LogP contribution in [0.15, 0.2) is 0 Å². The second kappa shape index (κ2) is 13.0. The van der Waals surface area contributed by atoms with Crippen LogP contribution in [0.4, 0.5) is 0 Å². The van der Waals surface area contributed by atoms with Crippen molar-refractivity contribution in [3.63, 3.8) is 0 Å². The van der Waals surface area contributed by atoms with Crippen LogP contribution in [0, 0.1) is 5.92 Å². The Morgan fingerprint density at radius 3 is 2.15 bits per heavy atom. The Bertz CT molecular complexity index is 414. The maximum absolute atomic E-state index is 11.1. The third kappa shape index (κ3) is 8.93. The molecular formula is C18H35N3O5. The minimum Gasteiger partial charge on any atom is -0.396 e. The summed E-state index contributed by atoms with van der Waals surface area (Å²) in [5, 5.41) is 17.4. The number of amides is 2. The van der Waals surface area contributed by atoms with Gasteiger partial charge < -0.3 is 24.7 Å². The molecule has 0 aromatic rings. The predicted octanol–water partition coefficient (Wildman–Crippen LogP) is -0.603. The molecule has 1 unspecified atom stereocenters. The Labute approximate surface area is 156 Å². The largest absolute Gasteiger partial charge is 0.396 e. The van der Waals surface area contributed by atoms with Crippen LogP contribution >= 0.6 is 0 Å². The highest BCUT2D eigenvalue weighted by molar-refractivity contribution is 5.73. The highest BCUT2D eigenvalue weighted by Gasteiger charge is 2.20. The number of rotatable bonds is 6. The van der Waals surface area contributed by atoms with Crippen molar-refractivity contribution in [2.24, 2.45) is 5.92 Å². The SMILES string of the molecule is CC(=O)N1CCCC(CO)C1.CC(=O)N1CCN(CCOCCO)CC1. The highest BCUT2D eigenvalue weighted by atomic mass is 16.5. The molecule has 2 fully saturated rings. The van der Waals surface area contributed by atoms with Gasteiger partial charge in [0.2, 0.25) is 11.8 Å². The minimum absolute atomic E-state index is 0.0815. The molecule has 26 heavy (non-hydrogen) atoms. The molecule has 2 rings (SSSR count). The van der Waals surface area contributed by atoms with E-state index in [0.717, 1.165) is 58.7 Å². The number of carbonyl (C=O) groups excluding carboxylic acids is 2. The third-order valence-corrected chi connectivity index (χ3v) is 4.83. The van der Waals surface area contributed by atoms with Crippen molar-refractivity contribution < 1.29 is 24.5 Å². The molecule has 0 bridgehead atoms. The number of piperazine rings is 1. The van der Waals surface area contributed by atoms with Crippen LogP contribution in [0.2, 0.25) is 0 Å². The van der Waals surface area contributed by atoms with E-state index in [2.05, 4.69) is 4.90 Å². The van der Waals surface area contributed by atoms with Crippen LogP contribution in [0.3, 0.4) is 0 Å². The van der Waals surface area contributed by atoms with E-state index in [-0.39, 0.29) is 25.0 Å².